The monoisotopic (exact) mass is 228 g/mol. The minimum Gasteiger partial charge on any atom is -0.383 e. The number of Topliss-reactive ketones (excluding diaryl/α,β-unsaturated/α-hetero) is 1. The second-order valence-corrected chi connectivity index (χ2v) is 5.45. The maximum atomic E-state index is 12.0. The lowest BCUT2D eigenvalue weighted by molar-refractivity contribution is -0.150. The van der Waals surface area contributed by atoms with E-state index < -0.39 is 5.60 Å². The van der Waals surface area contributed by atoms with Gasteiger partial charge in [0.2, 0.25) is 0 Å². The zero-order chi connectivity index (χ0) is 11.8. The molecule has 1 N–H and O–H groups in total. The normalized spacial score (nSPS) is 35.6. The third kappa shape index (κ3) is 2.29. The van der Waals surface area contributed by atoms with Crippen LogP contribution in [0.1, 0.15) is 33.1 Å². The maximum Gasteiger partial charge on any atom is 0.167 e. The average Bonchev–Trinajstić information content (AvgIpc) is 2.64. The summed E-state index contributed by atoms with van der Waals surface area (Å²) >= 11 is 0. The van der Waals surface area contributed by atoms with E-state index in [2.05, 4.69) is 0 Å². The fourth-order valence-electron chi connectivity index (χ4n) is 2.61. The molecule has 0 amide bonds. The Hall–Kier alpha value is -0.450. The molecule has 2 fully saturated rings. The molecule has 0 radical (unpaired) electrons. The van der Waals surface area contributed by atoms with Crippen LogP contribution in [0, 0.1) is 5.92 Å². The molecule has 0 aromatic carbocycles. The van der Waals surface area contributed by atoms with Crippen molar-refractivity contribution in [2.75, 3.05) is 19.8 Å². The molecule has 4 nitrogen and oxygen atoms in total. The van der Waals surface area contributed by atoms with Crippen LogP contribution in [0.2, 0.25) is 0 Å². The molecule has 0 aromatic rings. The summed E-state index contributed by atoms with van der Waals surface area (Å²) in [6, 6.07) is 0. The van der Waals surface area contributed by atoms with Crippen molar-refractivity contribution in [3.05, 3.63) is 0 Å². The Morgan fingerprint density at radius 2 is 2.19 bits per heavy atom. The molecule has 2 unspecified atom stereocenters. The minimum atomic E-state index is -1.23. The van der Waals surface area contributed by atoms with Gasteiger partial charge in [0.05, 0.1) is 12.2 Å². The van der Waals surface area contributed by atoms with Gasteiger partial charge >= 0.3 is 0 Å². The Morgan fingerprint density at radius 3 is 2.75 bits per heavy atom. The fourth-order valence-corrected chi connectivity index (χ4v) is 2.61. The number of hydrogen-bond acceptors (Lipinski definition) is 4. The summed E-state index contributed by atoms with van der Waals surface area (Å²) in [5.74, 6) is -0.155. The summed E-state index contributed by atoms with van der Waals surface area (Å²) in [5.41, 5.74) is -1.49. The highest BCUT2D eigenvalue weighted by atomic mass is 16.6. The van der Waals surface area contributed by atoms with E-state index >= 15 is 0 Å². The van der Waals surface area contributed by atoms with Crippen molar-refractivity contribution < 1.29 is 19.4 Å². The smallest absolute Gasteiger partial charge is 0.167 e. The van der Waals surface area contributed by atoms with Gasteiger partial charge in [-0.15, -0.1) is 0 Å². The standard InChI is InChI=1S/C12H20O4/c1-11(2,14)10(13)9-3-5-16-12(7-9)4-6-15-8-12/h9,14H,3-8H2,1-2H3. The maximum absolute atomic E-state index is 12.0. The number of ketones is 1. The second-order valence-electron chi connectivity index (χ2n) is 5.45. The van der Waals surface area contributed by atoms with Gasteiger partial charge in [0.1, 0.15) is 5.60 Å². The van der Waals surface area contributed by atoms with Gasteiger partial charge in [0.15, 0.2) is 5.78 Å². The van der Waals surface area contributed by atoms with Crippen LogP contribution in [-0.2, 0) is 14.3 Å². The first kappa shape index (κ1) is 12.0. The van der Waals surface area contributed by atoms with E-state index in [1.165, 1.54) is 0 Å². The number of aliphatic hydroxyl groups is 1. The molecule has 92 valence electrons. The molecule has 2 atom stereocenters. The first-order valence-electron chi connectivity index (χ1n) is 5.91. The van der Waals surface area contributed by atoms with Gasteiger partial charge in [0, 0.05) is 25.6 Å². The van der Waals surface area contributed by atoms with E-state index in [9.17, 15) is 9.90 Å². The van der Waals surface area contributed by atoms with E-state index in [0.29, 0.717) is 32.7 Å². The largest absolute Gasteiger partial charge is 0.383 e. The van der Waals surface area contributed by atoms with Crippen LogP contribution >= 0.6 is 0 Å². The molecule has 4 heteroatoms. The number of rotatable bonds is 2. The van der Waals surface area contributed by atoms with Crippen LogP contribution < -0.4 is 0 Å². The van der Waals surface area contributed by atoms with E-state index in [4.69, 9.17) is 9.47 Å². The van der Waals surface area contributed by atoms with Gasteiger partial charge in [-0.3, -0.25) is 4.79 Å². The summed E-state index contributed by atoms with van der Waals surface area (Å²) in [6.45, 7) is 5.01. The summed E-state index contributed by atoms with van der Waals surface area (Å²) in [5, 5.41) is 9.75. The fraction of sp³-hybridized carbons (Fsp3) is 0.917. The van der Waals surface area contributed by atoms with Gasteiger partial charge in [-0.2, -0.15) is 0 Å². The third-order valence-electron chi connectivity index (χ3n) is 3.53. The predicted molar refractivity (Wildman–Crippen MR) is 58.1 cm³/mol. The lowest BCUT2D eigenvalue weighted by Gasteiger charge is -2.38. The van der Waals surface area contributed by atoms with Crippen LogP contribution in [-0.4, -0.2) is 41.9 Å². The molecule has 16 heavy (non-hydrogen) atoms. The van der Waals surface area contributed by atoms with Crippen LogP contribution in [0.4, 0.5) is 0 Å². The Balaban J connectivity index is 2.04. The van der Waals surface area contributed by atoms with Crippen LogP contribution in [0.25, 0.3) is 0 Å². The Morgan fingerprint density at radius 1 is 1.44 bits per heavy atom. The highest BCUT2D eigenvalue weighted by Gasteiger charge is 2.45. The molecule has 1 spiro atoms. The predicted octanol–water partition coefficient (Wildman–Crippen LogP) is 0.912. The lowest BCUT2D eigenvalue weighted by atomic mass is 9.79. The number of hydrogen-bond donors (Lipinski definition) is 1. The van der Waals surface area contributed by atoms with Crippen molar-refractivity contribution >= 4 is 5.78 Å². The summed E-state index contributed by atoms with van der Waals surface area (Å²) in [6.07, 6.45) is 2.27. The highest BCUT2D eigenvalue weighted by Crippen LogP contribution is 2.37. The quantitative estimate of drug-likeness (QED) is 0.763. The van der Waals surface area contributed by atoms with Gasteiger partial charge < -0.3 is 14.6 Å². The molecular weight excluding hydrogens is 208 g/mol. The molecule has 0 aliphatic carbocycles. The first-order chi connectivity index (χ1) is 7.43. The van der Waals surface area contributed by atoms with E-state index in [-0.39, 0.29) is 17.3 Å². The Labute approximate surface area is 95.9 Å². The van der Waals surface area contributed by atoms with Crippen molar-refractivity contribution in [2.24, 2.45) is 5.92 Å². The molecule has 2 aliphatic heterocycles. The number of ether oxygens (including phenoxy) is 2. The van der Waals surface area contributed by atoms with Crippen LogP contribution in [0.5, 0.6) is 0 Å². The molecule has 2 heterocycles. The molecule has 2 rings (SSSR count). The van der Waals surface area contributed by atoms with E-state index in [0.717, 1.165) is 6.42 Å². The highest BCUT2D eigenvalue weighted by molar-refractivity contribution is 5.88. The molecule has 0 aromatic heterocycles. The SMILES string of the molecule is CC(C)(O)C(=O)C1CCOC2(CCOC2)C1. The number of carbonyl (C=O) groups is 1. The molecule has 0 saturated carbocycles. The van der Waals surface area contributed by atoms with Crippen molar-refractivity contribution in [1.82, 2.24) is 0 Å². The van der Waals surface area contributed by atoms with Gasteiger partial charge in [0.25, 0.3) is 0 Å². The van der Waals surface area contributed by atoms with Gasteiger partial charge in [-0.05, 0) is 26.7 Å². The zero-order valence-electron chi connectivity index (χ0n) is 9.99. The summed E-state index contributed by atoms with van der Waals surface area (Å²) in [7, 11) is 0. The molecule has 0 bridgehead atoms. The minimum absolute atomic E-state index is 0.0675. The first-order valence-corrected chi connectivity index (χ1v) is 5.91. The van der Waals surface area contributed by atoms with Crippen molar-refractivity contribution in [3.8, 4) is 0 Å². The molecular formula is C12H20O4. The lowest BCUT2D eigenvalue weighted by Crippen LogP contribution is -2.46. The average molecular weight is 228 g/mol. The Bertz CT molecular complexity index is 273. The summed E-state index contributed by atoms with van der Waals surface area (Å²) < 4.78 is 11.1. The van der Waals surface area contributed by atoms with Crippen LogP contribution in [0.15, 0.2) is 0 Å². The van der Waals surface area contributed by atoms with Crippen molar-refractivity contribution in [1.29, 1.82) is 0 Å². The van der Waals surface area contributed by atoms with E-state index in [1.54, 1.807) is 13.8 Å². The molecule has 2 aliphatic rings. The third-order valence-corrected chi connectivity index (χ3v) is 3.53. The van der Waals surface area contributed by atoms with Crippen molar-refractivity contribution in [3.63, 3.8) is 0 Å². The Kier molecular flexibility index (Phi) is 3.07. The van der Waals surface area contributed by atoms with Gasteiger partial charge in [-0.25, -0.2) is 0 Å². The van der Waals surface area contributed by atoms with E-state index in [1.807, 2.05) is 0 Å². The van der Waals surface area contributed by atoms with Gasteiger partial charge in [-0.1, -0.05) is 0 Å². The number of carbonyl (C=O) groups excluding carboxylic acids is 1. The zero-order valence-corrected chi connectivity index (χ0v) is 9.99. The van der Waals surface area contributed by atoms with Crippen LogP contribution in [0.3, 0.4) is 0 Å². The van der Waals surface area contributed by atoms with Crippen molar-refractivity contribution in [2.45, 2.75) is 44.3 Å². The second kappa shape index (κ2) is 4.09. The topological polar surface area (TPSA) is 55.8 Å². The molecule has 2 saturated heterocycles. The summed E-state index contributed by atoms with van der Waals surface area (Å²) in [4.78, 5) is 12.0.